The predicted octanol–water partition coefficient (Wildman–Crippen LogP) is 3.05. The topological polar surface area (TPSA) is 101 Å². The zero-order valence-corrected chi connectivity index (χ0v) is 25.2. The molecule has 222 valence electrons. The van der Waals surface area contributed by atoms with Crippen LogP contribution >= 0.6 is 11.8 Å². The van der Waals surface area contributed by atoms with Gasteiger partial charge in [-0.2, -0.15) is 5.26 Å². The Labute approximate surface area is 245 Å². The third kappa shape index (κ3) is 10.4. The zero-order chi connectivity index (χ0) is 28.7. The van der Waals surface area contributed by atoms with Crippen molar-refractivity contribution in [2.45, 2.75) is 38.4 Å². The number of hydrogen-bond donors (Lipinski definition) is 2. The third-order valence-corrected chi connectivity index (χ3v) is 8.57. The van der Waals surface area contributed by atoms with Crippen LogP contribution in [0.25, 0.3) is 0 Å². The fraction of sp³-hybridized carbons (Fsp3) is 0.633. The molecule has 3 rings (SSSR count). The minimum atomic E-state index is -0.481. The van der Waals surface area contributed by atoms with E-state index in [4.69, 9.17) is 4.74 Å². The number of ether oxygens (including phenoxy) is 1. The average Bonchev–Trinajstić information content (AvgIpc) is 3.41. The highest BCUT2D eigenvalue weighted by Crippen LogP contribution is 2.20. The molecule has 2 amide bonds. The van der Waals surface area contributed by atoms with Gasteiger partial charge in [-0.25, -0.2) is 0 Å². The quantitative estimate of drug-likeness (QED) is 0.244. The van der Waals surface area contributed by atoms with Crippen LogP contribution in [0.4, 0.5) is 5.69 Å². The molecule has 0 saturated carbocycles. The van der Waals surface area contributed by atoms with Crippen molar-refractivity contribution >= 4 is 29.3 Å². The lowest BCUT2D eigenvalue weighted by atomic mass is 10.1. The van der Waals surface area contributed by atoms with Gasteiger partial charge in [0.25, 0.3) is 5.91 Å². The van der Waals surface area contributed by atoms with Crippen molar-refractivity contribution in [3.63, 3.8) is 0 Å². The second-order valence-corrected chi connectivity index (χ2v) is 11.8. The lowest BCUT2D eigenvalue weighted by Gasteiger charge is -2.34. The van der Waals surface area contributed by atoms with Gasteiger partial charge in [-0.3, -0.25) is 14.5 Å². The van der Waals surface area contributed by atoms with Crippen LogP contribution in [-0.4, -0.2) is 111 Å². The molecule has 0 aromatic heterocycles. The molecule has 9 nitrogen and oxygen atoms in total. The average molecular weight is 573 g/mol. The Morgan fingerprint density at radius 1 is 1.18 bits per heavy atom. The van der Waals surface area contributed by atoms with Crippen molar-refractivity contribution in [2.75, 3.05) is 84.5 Å². The third-order valence-electron chi connectivity index (χ3n) is 7.48. The number of thioether (sulfide) groups is 1. The number of rotatable bonds is 15. The van der Waals surface area contributed by atoms with Gasteiger partial charge < -0.3 is 25.2 Å². The van der Waals surface area contributed by atoms with Crippen molar-refractivity contribution in [1.82, 2.24) is 20.0 Å². The maximum Gasteiger partial charge on any atom is 0.265 e. The van der Waals surface area contributed by atoms with Gasteiger partial charge in [-0.15, -0.1) is 11.8 Å². The molecule has 40 heavy (non-hydrogen) atoms. The predicted molar refractivity (Wildman–Crippen MR) is 164 cm³/mol. The largest absolute Gasteiger partial charge is 0.383 e. The number of hydrogen-bond acceptors (Lipinski definition) is 8. The highest BCUT2D eigenvalue weighted by Gasteiger charge is 2.25. The molecule has 0 aliphatic carbocycles. The first-order chi connectivity index (χ1) is 19.4. The maximum atomic E-state index is 13.0. The number of methoxy groups -OCH3 is 1. The number of nitrogens with one attached hydrogen (secondary N) is 2. The number of nitriles is 1. The van der Waals surface area contributed by atoms with Crippen LogP contribution < -0.4 is 10.6 Å². The van der Waals surface area contributed by atoms with Gasteiger partial charge in [0.15, 0.2) is 0 Å². The summed E-state index contributed by atoms with van der Waals surface area (Å²) in [5, 5.41) is 17.1. The zero-order valence-electron chi connectivity index (χ0n) is 24.4. The van der Waals surface area contributed by atoms with E-state index in [1.54, 1.807) is 17.4 Å². The second kappa shape index (κ2) is 17.3. The number of nitrogens with zero attached hydrogens (tertiary/aromatic N) is 4. The molecule has 2 heterocycles. The van der Waals surface area contributed by atoms with E-state index in [9.17, 15) is 14.9 Å². The van der Waals surface area contributed by atoms with Gasteiger partial charge in [-0.05, 0) is 54.8 Å². The second-order valence-electron chi connectivity index (χ2n) is 10.7. The van der Waals surface area contributed by atoms with E-state index in [0.29, 0.717) is 32.8 Å². The Morgan fingerprint density at radius 3 is 2.55 bits per heavy atom. The summed E-state index contributed by atoms with van der Waals surface area (Å²) in [6.45, 7) is 12.9. The molecule has 0 radical (unpaired) electrons. The first-order valence-electron chi connectivity index (χ1n) is 14.5. The van der Waals surface area contributed by atoms with Gasteiger partial charge in [0.1, 0.15) is 16.9 Å². The molecule has 2 atom stereocenters. The van der Waals surface area contributed by atoms with E-state index in [1.165, 1.54) is 36.8 Å². The molecule has 2 saturated heterocycles. The van der Waals surface area contributed by atoms with Crippen LogP contribution in [0.2, 0.25) is 0 Å². The van der Waals surface area contributed by atoms with Crippen LogP contribution in [0.3, 0.4) is 0 Å². The summed E-state index contributed by atoms with van der Waals surface area (Å²) in [7, 11) is 1.68. The van der Waals surface area contributed by atoms with E-state index in [-0.39, 0.29) is 18.8 Å². The van der Waals surface area contributed by atoms with E-state index in [1.807, 2.05) is 6.92 Å². The molecular weight excluding hydrogens is 524 g/mol. The molecular formula is C30H48N6O3S. The standard InChI is InChI=1S/C30H46N6O3S.H2/c1-4-11-32-29(37)28(21-33-27-7-5-25(6-8-27)10-13-35-12-9-24(2)22-35)40-23-26(20-31)30(38)36-16-14-34(15-17-36)18-19-39-3;/h5-8,23-24,28,33H,4,9-19,21-22H2,1-3H3,(H,32,37);1H/b26-23-;. The fourth-order valence-electron chi connectivity index (χ4n) is 4.92. The summed E-state index contributed by atoms with van der Waals surface area (Å²) in [5.41, 5.74) is 2.32. The fourth-order valence-corrected chi connectivity index (χ4v) is 5.76. The monoisotopic (exact) mass is 572 g/mol. The molecule has 1 aromatic rings. The van der Waals surface area contributed by atoms with Crippen molar-refractivity contribution in [1.29, 1.82) is 5.26 Å². The number of benzene rings is 1. The Kier molecular flexibility index (Phi) is 13.8. The number of likely N-dealkylation sites (tertiary alicyclic amines) is 1. The van der Waals surface area contributed by atoms with Crippen LogP contribution in [-0.2, 0) is 20.7 Å². The van der Waals surface area contributed by atoms with Crippen molar-refractivity contribution in [3.8, 4) is 6.07 Å². The van der Waals surface area contributed by atoms with E-state index in [0.717, 1.165) is 50.6 Å². The maximum absolute atomic E-state index is 13.0. The molecule has 2 unspecified atom stereocenters. The van der Waals surface area contributed by atoms with E-state index >= 15 is 0 Å². The normalized spacial score (nSPS) is 19.3. The Hall–Kier alpha value is -2.58. The number of piperazine rings is 1. The van der Waals surface area contributed by atoms with Gasteiger partial charge in [-0.1, -0.05) is 26.0 Å². The lowest BCUT2D eigenvalue weighted by molar-refractivity contribution is -0.128. The number of anilines is 1. The van der Waals surface area contributed by atoms with Gasteiger partial charge >= 0.3 is 0 Å². The Bertz CT molecular complexity index is 1010. The van der Waals surface area contributed by atoms with Crippen LogP contribution in [0.15, 0.2) is 35.2 Å². The van der Waals surface area contributed by atoms with Gasteiger partial charge in [0.2, 0.25) is 5.91 Å². The lowest BCUT2D eigenvalue weighted by Crippen LogP contribution is -2.49. The van der Waals surface area contributed by atoms with Crippen molar-refractivity contribution in [3.05, 3.63) is 40.8 Å². The van der Waals surface area contributed by atoms with Crippen LogP contribution in [0.1, 0.15) is 33.7 Å². The van der Waals surface area contributed by atoms with Crippen LogP contribution in [0.5, 0.6) is 0 Å². The Balaban J connectivity index is 0.00000588. The molecule has 10 heteroatoms. The molecule has 2 aliphatic rings. The summed E-state index contributed by atoms with van der Waals surface area (Å²) >= 11 is 1.22. The van der Waals surface area contributed by atoms with E-state index in [2.05, 4.69) is 57.7 Å². The number of carbonyl (C=O) groups excluding carboxylic acids is 2. The summed E-state index contributed by atoms with van der Waals surface area (Å²) in [6.07, 6.45) is 3.16. The summed E-state index contributed by atoms with van der Waals surface area (Å²) in [6, 6.07) is 10.5. The van der Waals surface area contributed by atoms with Crippen molar-refractivity contribution in [2.24, 2.45) is 5.92 Å². The Morgan fingerprint density at radius 2 is 1.93 bits per heavy atom. The molecule has 1 aromatic carbocycles. The number of carbonyl (C=O) groups is 2. The molecule has 0 bridgehead atoms. The molecule has 2 aliphatic heterocycles. The minimum Gasteiger partial charge on any atom is -0.383 e. The van der Waals surface area contributed by atoms with Crippen molar-refractivity contribution < 1.29 is 15.8 Å². The highest BCUT2D eigenvalue weighted by molar-refractivity contribution is 8.03. The van der Waals surface area contributed by atoms with Crippen LogP contribution in [0, 0.1) is 17.2 Å². The van der Waals surface area contributed by atoms with Gasteiger partial charge in [0, 0.05) is 73.1 Å². The molecule has 0 spiro atoms. The molecule has 2 N–H and O–H groups in total. The summed E-state index contributed by atoms with van der Waals surface area (Å²) in [4.78, 5) is 32.4. The minimum absolute atomic E-state index is 0. The summed E-state index contributed by atoms with van der Waals surface area (Å²) < 4.78 is 5.14. The van der Waals surface area contributed by atoms with E-state index < -0.39 is 5.25 Å². The molecule has 2 fully saturated rings. The first kappa shape index (κ1) is 31.9. The smallest absolute Gasteiger partial charge is 0.265 e. The first-order valence-corrected chi connectivity index (χ1v) is 15.5. The number of amides is 2. The highest BCUT2D eigenvalue weighted by atomic mass is 32.2. The summed E-state index contributed by atoms with van der Waals surface area (Å²) in [5.74, 6) is 0.413. The SMILES string of the molecule is CCCNC(=O)C(CNc1ccc(CCN2CCC(C)C2)cc1)S/C=C(/C#N)C(=O)N1CCN(CCOC)CC1.[HH]. The van der Waals surface area contributed by atoms with Gasteiger partial charge in [0.05, 0.1) is 6.61 Å².